The molecule has 1 aromatic heterocycles. The summed E-state index contributed by atoms with van der Waals surface area (Å²) >= 11 is 6.09. The highest BCUT2D eigenvalue weighted by molar-refractivity contribution is 6.31. The molecule has 6 heteroatoms. The second-order valence-electron chi connectivity index (χ2n) is 5.98. The third-order valence-corrected chi connectivity index (χ3v) is 4.48. The van der Waals surface area contributed by atoms with Gasteiger partial charge in [0.15, 0.2) is 0 Å². The molecule has 130 valence electrons. The van der Waals surface area contributed by atoms with Crippen LogP contribution in [0.5, 0.6) is 11.6 Å². The van der Waals surface area contributed by atoms with Crippen molar-refractivity contribution >= 4 is 23.1 Å². The quantitative estimate of drug-likeness (QED) is 0.877. The maximum Gasteiger partial charge on any atom is 0.232 e. The average molecular weight is 359 g/mol. The lowest BCUT2D eigenvalue weighted by Gasteiger charge is -2.14. The Labute approximate surface area is 151 Å². The number of aromatic nitrogens is 1. The van der Waals surface area contributed by atoms with Crippen molar-refractivity contribution in [2.24, 2.45) is 0 Å². The van der Waals surface area contributed by atoms with Gasteiger partial charge in [-0.05, 0) is 48.7 Å². The Morgan fingerprint density at radius 1 is 1.40 bits per heavy atom. The van der Waals surface area contributed by atoms with Crippen LogP contribution in [0.2, 0.25) is 5.02 Å². The first-order valence-electron chi connectivity index (χ1n) is 8.00. The van der Waals surface area contributed by atoms with Gasteiger partial charge >= 0.3 is 0 Å². The molecule has 0 radical (unpaired) electrons. The average Bonchev–Trinajstić information content (AvgIpc) is 3.01. The fourth-order valence-electron chi connectivity index (χ4n) is 2.83. The minimum absolute atomic E-state index is 0.0455. The van der Waals surface area contributed by atoms with E-state index in [9.17, 15) is 9.90 Å². The topological polar surface area (TPSA) is 71.5 Å². The number of carbonyl (C=O) groups is 1. The standard InChI is InChI=1S/C19H19ClN2O3/c1-11-9-12(3-7-17(11)23)14(10-13-4-8-18(24)21-13)16-6-5-15(20)19(22-16)25-2/h3,5-7,9-10,13,23H,4,8H2,1-2H3,(H,21,24)/t13-/m1/s1. The molecular formula is C19H19ClN2O3. The highest BCUT2D eigenvalue weighted by Crippen LogP contribution is 2.31. The van der Waals surface area contributed by atoms with Crippen LogP contribution in [0.1, 0.15) is 29.7 Å². The molecule has 0 saturated carbocycles. The molecule has 0 bridgehead atoms. The number of benzene rings is 1. The highest BCUT2D eigenvalue weighted by atomic mass is 35.5. The third kappa shape index (κ3) is 3.77. The number of hydrogen-bond acceptors (Lipinski definition) is 4. The first-order chi connectivity index (χ1) is 12.0. The maximum atomic E-state index is 11.5. The van der Waals surface area contributed by atoms with Crippen LogP contribution in [0.3, 0.4) is 0 Å². The number of carbonyl (C=O) groups excluding carboxylic acids is 1. The van der Waals surface area contributed by atoms with Gasteiger partial charge in [0.1, 0.15) is 10.8 Å². The van der Waals surface area contributed by atoms with Gasteiger partial charge in [0.2, 0.25) is 11.8 Å². The number of halogens is 1. The lowest BCUT2D eigenvalue weighted by atomic mass is 9.97. The summed E-state index contributed by atoms with van der Waals surface area (Å²) in [5, 5.41) is 13.2. The molecular weight excluding hydrogens is 340 g/mol. The summed E-state index contributed by atoms with van der Waals surface area (Å²) in [5.74, 6) is 0.624. The number of nitrogens with zero attached hydrogens (tertiary/aromatic N) is 1. The number of aryl methyl sites for hydroxylation is 1. The molecule has 2 heterocycles. The molecule has 1 aromatic carbocycles. The molecule has 1 fully saturated rings. The van der Waals surface area contributed by atoms with Gasteiger partial charge in [0.05, 0.1) is 12.8 Å². The lowest BCUT2D eigenvalue weighted by molar-refractivity contribution is -0.119. The van der Waals surface area contributed by atoms with Gasteiger partial charge in [0.25, 0.3) is 0 Å². The molecule has 0 aliphatic carbocycles. The SMILES string of the molecule is COc1nc(C(=C[C@H]2CCC(=O)N2)c2ccc(O)c(C)c2)ccc1Cl. The number of nitrogens with one attached hydrogen (secondary N) is 1. The Morgan fingerprint density at radius 3 is 2.84 bits per heavy atom. The van der Waals surface area contributed by atoms with Gasteiger partial charge in [-0.3, -0.25) is 4.79 Å². The van der Waals surface area contributed by atoms with E-state index in [1.54, 1.807) is 12.1 Å². The van der Waals surface area contributed by atoms with Crippen molar-refractivity contribution in [1.29, 1.82) is 0 Å². The van der Waals surface area contributed by atoms with Crippen molar-refractivity contribution in [2.45, 2.75) is 25.8 Å². The number of phenols is 1. The van der Waals surface area contributed by atoms with E-state index in [4.69, 9.17) is 16.3 Å². The van der Waals surface area contributed by atoms with E-state index in [1.165, 1.54) is 7.11 Å². The summed E-state index contributed by atoms with van der Waals surface area (Å²) in [7, 11) is 1.52. The number of amides is 1. The molecule has 1 saturated heterocycles. The van der Waals surface area contributed by atoms with Crippen LogP contribution in [0.4, 0.5) is 0 Å². The van der Waals surface area contributed by atoms with Crippen LogP contribution in [0, 0.1) is 6.92 Å². The van der Waals surface area contributed by atoms with Gasteiger partial charge in [-0.25, -0.2) is 4.98 Å². The smallest absolute Gasteiger partial charge is 0.232 e. The van der Waals surface area contributed by atoms with Crippen molar-refractivity contribution in [3.05, 3.63) is 58.3 Å². The predicted octanol–water partition coefficient (Wildman–Crippen LogP) is 3.47. The minimum atomic E-state index is -0.0555. The summed E-state index contributed by atoms with van der Waals surface area (Å²) in [5.41, 5.74) is 3.20. The van der Waals surface area contributed by atoms with Crippen LogP contribution in [0.15, 0.2) is 36.4 Å². The van der Waals surface area contributed by atoms with Crippen LogP contribution in [0.25, 0.3) is 5.57 Å². The summed E-state index contributed by atoms with van der Waals surface area (Å²) in [6, 6.07) is 8.86. The van der Waals surface area contributed by atoms with E-state index in [0.29, 0.717) is 23.0 Å². The predicted molar refractivity (Wildman–Crippen MR) is 96.9 cm³/mol. The minimum Gasteiger partial charge on any atom is -0.508 e. The van der Waals surface area contributed by atoms with Gasteiger partial charge in [0, 0.05) is 18.0 Å². The van der Waals surface area contributed by atoms with E-state index in [-0.39, 0.29) is 17.7 Å². The number of hydrogen-bond donors (Lipinski definition) is 2. The zero-order chi connectivity index (χ0) is 18.0. The molecule has 2 aromatic rings. The molecule has 5 nitrogen and oxygen atoms in total. The van der Waals surface area contributed by atoms with Gasteiger partial charge in [-0.1, -0.05) is 23.7 Å². The van der Waals surface area contributed by atoms with Crippen LogP contribution < -0.4 is 10.1 Å². The van der Waals surface area contributed by atoms with Crippen molar-refractivity contribution in [3.63, 3.8) is 0 Å². The van der Waals surface area contributed by atoms with Crippen LogP contribution >= 0.6 is 11.6 Å². The number of rotatable bonds is 4. The molecule has 1 atom stereocenters. The van der Waals surface area contributed by atoms with E-state index >= 15 is 0 Å². The number of pyridine rings is 1. The van der Waals surface area contributed by atoms with Crippen molar-refractivity contribution in [2.75, 3.05) is 7.11 Å². The molecule has 1 amide bonds. The lowest BCUT2D eigenvalue weighted by Crippen LogP contribution is -2.23. The van der Waals surface area contributed by atoms with Gasteiger partial charge in [-0.15, -0.1) is 0 Å². The molecule has 2 N–H and O–H groups in total. The molecule has 3 rings (SSSR count). The second-order valence-corrected chi connectivity index (χ2v) is 6.39. The Balaban J connectivity index is 2.09. The summed E-state index contributed by atoms with van der Waals surface area (Å²) in [6.07, 6.45) is 3.25. The van der Waals surface area contributed by atoms with Gasteiger partial charge in [-0.2, -0.15) is 0 Å². The fraction of sp³-hybridized carbons (Fsp3) is 0.263. The molecule has 1 aliphatic heterocycles. The van der Waals surface area contributed by atoms with E-state index in [1.807, 2.05) is 31.2 Å². The number of aromatic hydroxyl groups is 1. The second kappa shape index (κ2) is 7.15. The van der Waals surface area contributed by atoms with Crippen molar-refractivity contribution in [3.8, 4) is 11.6 Å². The summed E-state index contributed by atoms with van der Waals surface area (Å²) in [6.45, 7) is 1.84. The van der Waals surface area contributed by atoms with E-state index < -0.39 is 0 Å². The first-order valence-corrected chi connectivity index (χ1v) is 8.38. The molecule has 1 aliphatic rings. The summed E-state index contributed by atoms with van der Waals surface area (Å²) < 4.78 is 5.22. The summed E-state index contributed by atoms with van der Waals surface area (Å²) in [4.78, 5) is 16.0. The fourth-order valence-corrected chi connectivity index (χ4v) is 3.02. The number of phenolic OH excluding ortho intramolecular Hbond substituents is 1. The largest absolute Gasteiger partial charge is 0.508 e. The molecule has 0 unspecified atom stereocenters. The Bertz CT molecular complexity index is 849. The van der Waals surface area contributed by atoms with Gasteiger partial charge < -0.3 is 15.2 Å². The maximum absolute atomic E-state index is 11.5. The van der Waals surface area contributed by atoms with Crippen molar-refractivity contribution < 1.29 is 14.6 Å². The molecule has 0 spiro atoms. The number of methoxy groups -OCH3 is 1. The number of ether oxygens (including phenoxy) is 1. The molecule has 25 heavy (non-hydrogen) atoms. The Hall–Kier alpha value is -2.53. The zero-order valence-corrected chi connectivity index (χ0v) is 14.8. The first kappa shape index (κ1) is 17.3. The third-order valence-electron chi connectivity index (χ3n) is 4.19. The monoisotopic (exact) mass is 358 g/mol. The Kier molecular flexibility index (Phi) is 4.95. The van der Waals surface area contributed by atoms with Crippen LogP contribution in [-0.2, 0) is 4.79 Å². The normalized spacial score (nSPS) is 17.5. The van der Waals surface area contributed by atoms with Crippen molar-refractivity contribution in [1.82, 2.24) is 10.3 Å². The Morgan fingerprint density at radius 2 is 2.20 bits per heavy atom. The highest BCUT2D eigenvalue weighted by Gasteiger charge is 2.21. The van der Waals surface area contributed by atoms with Crippen LogP contribution in [-0.4, -0.2) is 29.1 Å². The zero-order valence-electron chi connectivity index (χ0n) is 14.0. The van der Waals surface area contributed by atoms with E-state index in [0.717, 1.165) is 23.1 Å². The van der Waals surface area contributed by atoms with E-state index in [2.05, 4.69) is 10.3 Å².